The third-order valence-electron chi connectivity index (χ3n) is 14.0. The first-order valence-corrected chi connectivity index (χ1v) is 26.0. The molecule has 0 aliphatic carbocycles. The van der Waals surface area contributed by atoms with Gasteiger partial charge in [-0.2, -0.15) is 0 Å². The van der Waals surface area contributed by atoms with E-state index < -0.39 is 166 Å². The number of carbonyl (C=O) groups is 1. The van der Waals surface area contributed by atoms with Crippen molar-refractivity contribution in [3.05, 3.63) is 33.5 Å². The van der Waals surface area contributed by atoms with Crippen LogP contribution in [0.2, 0.25) is 0 Å². The predicted molar refractivity (Wildman–Crippen MR) is 409 cm³/mol. The van der Waals surface area contributed by atoms with Crippen molar-refractivity contribution in [2.24, 2.45) is 0 Å². The molecule has 0 bridgehead atoms. The summed E-state index contributed by atoms with van der Waals surface area (Å²) in [5, 5.41) is 5.73. The first-order valence-electron chi connectivity index (χ1n) is 24.4. The smallest absolute Gasteiger partial charge is 0.263 e. The average Bonchev–Trinajstić information content (AvgIpc) is 3.27. The Balaban J connectivity index is 0.00000101. The summed E-state index contributed by atoms with van der Waals surface area (Å²) in [5.41, 5.74) is 0. The van der Waals surface area contributed by atoms with Crippen LogP contribution in [0.3, 0.4) is 0 Å². The number of anilines is 2. The Labute approximate surface area is 534 Å². The van der Waals surface area contributed by atoms with Crippen LogP contribution in [-0.2, 0) is 4.79 Å². The fourth-order valence-electron chi connectivity index (χ4n) is 11.2. The minimum atomic E-state index is -1.44. The van der Waals surface area contributed by atoms with E-state index in [2.05, 4.69) is 52.5 Å². The number of nitrogens with one attached hydrogen (secondary N) is 2. The lowest BCUT2D eigenvalue weighted by Crippen LogP contribution is -2.96. The number of aromatic nitrogens is 2. The zero-order valence-corrected chi connectivity index (χ0v) is 46.2. The zero-order valence-electron chi connectivity index (χ0n) is 43.0. The van der Waals surface area contributed by atoms with Crippen LogP contribution >= 0.6 is 31.9 Å². The molecular weight excluding hydrogens is 1030 g/mol. The minimum absolute atomic E-state index is 0. The summed E-state index contributed by atoms with van der Waals surface area (Å²) in [6, 6.07) is 7.28. The quantitative estimate of drug-likeness (QED) is 0.0761. The topological polar surface area (TPSA) is 85.4 Å². The Hall–Kier alpha value is 1.64. The van der Waals surface area contributed by atoms with Crippen molar-refractivity contribution >= 4 is 432 Å². The highest BCUT2D eigenvalue weighted by atomic mass is 79.9. The lowest BCUT2D eigenvalue weighted by molar-refractivity contribution is -0.118. The van der Waals surface area contributed by atoms with Crippen LogP contribution in [0.4, 0.5) is 11.6 Å². The molecule has 0 aromatic carbocycles. The third kappa shape index (κ3) is 22.1. The summed E-state index contributed by atoms with van der Waals surface area (Å²) in [6.45, 7) is 1.61. The Kier molecular flexibility index (Phi) is 36.5. The van der Waals surface area contributed by atoms with E-state index in [1.165, 1.54) is 0 Å². The molecular formula is C15H16B54Br2N4O3. The van der Waals surface area contributed by atoms with Crippen LogP contribution in [0, 0.1) is 0 Å². The maximum absolute atomic E-state index is 10.8. The van der Waals surface area contributed by atoms with Gasteiger partial charge in [-0.1, -0.05) is 7.43 Å². The summed E-state index contributed by atoms with van der Waals surface area (Å²) in [4.78, 5) is 19.1. The number of fused-ring (bicyclic) bond motifs is 2. The van der Waals surface area contributed by atoms with Crippen molar-refractivity contribution in [2.75, 3.05) is 30.4 Å². The van der Waals surface area contributed by atoms with Gasteiger partial charge >= 0.3 is 0 Å². The van der Waals surface area contributed by atoms with Crippen molar-refractivity contribution in [1.29, 1.82) is 0 Å². The fraction of sp³-hybridized carbons (Fsp3) is 0.267. The maximum Gasteiger partial charge on any atom is 0.263 e. The van der Waals surface area contributed by atoms with Gasteiger partial charge in [0.15, 0.2) is 29.7 Å². The summed E-state index contributed by atoms with van der Waals surface area (Å²) in [7, 11) is 182. The van der Waals surface area contributed by atoms with Crippen molar-refractivity contribution in [1.82, 2.24) is 9.97 Å². The maximum atomic E-state index is 10.8. The van der Waals surface area contributed by atoms with Crippen LogP contribution in [0.25, 0.3) is 0 Å². The SMILES string of the molecule is Brc1ccc2c(n1)NCCO2.C.O=C1COc2ccc(Br)nc2N1.[B]B([B])B(B([B])[B])B(B(B([B])[B])B([B])[B])B(B(B([B])[B])B([B])[B])B(B(B(B([B])[B])B([B])[B])B(B([B])[B])B([B])[B])B(B(B([B])[B])B([B])[B])B(B([B])[B])B([B])[B]. The molecule has 290 valence electrons. The minimum Gasteiger partial charge on any atom is -0.488 e. The monoisotopic (exact) mass is 1050 g/mol. The molecule has 0 atom stereocenters. The molecule has 63 heteroatoms. The van der Waals surface area contributed by atoms with E-state index in [0.29, 0.717) is 16.2 Å². The molecule has 2 aromatic rings. The molecule has 2 N–H and O–H groups in total. The molecule has 2 aliphatic heterocycles. The number of nitrogens with zero attached hydrogens (tertiary/aromatic N) is 2. The predicted octanol–water partition coefficient (Wildman–Crippen LogP) is -17.1. The largest absolute Gasteiger partial charge is 0.488 e. The Morgan fingerprint density at radius 1 is 0.359 bits per heavy atom. The molecule has 0 spiro atoms. The molecule has 2 aliphatic rings. The van der Waals surface area contributed by atoms with Crippen LogP contribution < -0.4 is 20.1 Å². The van der Waals surface area contributed by atoms with Gasteiger partial charge in [0.25, 0.3) is 5.91 Å². The van der Waals surface area contributed by atoms with E-state index >= 15 is 0 Å². The van der Waals surface area contributed by atoms with E-state index in [0.717, 1.165) is 29.3 Å². The number of amides is 1. The number of ether oxygens (including phenoxy) is 2. The first-order chi connectivity index (χ1) is 35.6. The van der Waals surface area contributed by atoms with E-state index in [1.54, 1.807) is 12.1 Å². The molecule has 4 heterocycles. The van der Waals surface area contributed by atoms with E-state index in [4.69, 9.17) is 226 Å². The van der Waals surface area contributed by atoms with Gasteiger partial charge in [0, 0.05) is 383 Å². The Morgan fingerprint density at radius 2 is 0.590 bits per heavy atom. The number of halogens is 2. The van der Waals surface area contributed by atoms with Crippen molar-refractivity contribution in [3.8, 4) is 11.5 Å². The number of pyridine rings is 2. The highest BCUT2D eigenvalue weighted by molar-refractivity contribution is 9.10. The van der Waals surface area contributed by atoms with E-state index in [1.807, 2.05) is 12.1 Å². The van der Waals surface area contributed by atoms with Crippen molar-refractivity contribution in [3.63, 3.8) is 0 Å². The molecule has 7 nitrogen and oxygen atoms in total. The van der Waals surface area contributed by atoms with Crippen molar-refractivity contribution in [2.45, 2.75) is 7.43 Å². The van der Waals surface area contributed by atoms with Gasteiger partial charge in [0.2, 0.25) is 0 Å². The first kappa shape index (κ1) is 77.6. The number of carbonyl (C=O) groups excluding carboxylic acids is 1. The summed E-state index contributed by atoms with van der Waals surface area (Å²) in [6.07, 6.45) is -35.1. The lowest BCUT2D eigenvalue weighted by atomic mass is 8.24. The third-order valence-corrected chi connectivity index (χ3v) is 14.9. The molecule has 0 saturated carbocycles. The average molecular weight is 1040 g/mol. The van der Waals surface area contributed by atoms with E-state index in [-0.39, 0.29) is 19.9 Å². The molecule has 0 saturated heterocycles. The number of rotatable bonds is 25. The number of hydrogen-bond acceptors (Lipinski definition) is 6. The molecule has 1 amide bonds. The second kappa shape index (κ2) is 36.7. The summed E-state index contributed by atoms with van der Waals surface area (Å²) in [5.74, 6) is 2.57. The van der Waals surface area contributed by atoms with E-state index in [9.17, 15) is 4.79 Å². The van der Waals surface area contributed by atoms with Gasteiger partial charge < -0.3 is 20.1 Å². The summed E-state index contributed by atoms with van der Waals surface area (Å²) < 4.78 is 11.9. The van der Waals surface area contributed by atoms with Gasteiger partial charge in [0.1, 0.15) is 15.8 Å². The van der Waals surface area contributed by atoms with Crippen LogP contribution in [-0.4, -0.2) is 418 Å². The molecule has 4 rings (SSSR count). The van der Waals surface area contributed by atoms with Gasteiger partial charge in [-0.3, -0.25) is 4.79 Å². The van der Waals surface area contributed by atoms with Crippen molar-refractivity contribution < 1.29 is 14.3 Å². The Bertz CT molecular complexity index is 1880. The highest BCUT2D eigenvalue weighted by Gasteiger charge is 2.61. The van der Waals surface area contributed by atoms with Gasteiger partial charge in [-0.25, -0.2) is 9.97 Å². The standard InChI is InChI=1S/C7H5BrN2O2.C7H7BrN2O.CH4.B54/c8-5-2-1-4-7(9-5)10-6(11)3-12-4;8-6-2-1-5-7(10-6)9-3-4-11-5;;1-29(2)43(30(3)4)50(44(31(5)6)32(7)8)53(49(41(25)26)42(27)28)54(51(45(33(9)10)34(11)12)46(35(13)14)36(15)16)52(47(37(17)18)38(19)20)48(39(21)22)40(23)24/h1-2H,3H2,(H,9,10,11);1-2H,3-4H2,(H,9,10);1H4;. The second-order valence-electron chi connectivity index (χ2n) is 19.6. The molecule has 2 aromatic heterocycles. The fourth-order valence-corrected chi connectivity index (χ4v) is 11.8. The van der Waals surface area contributed by atoms with Crippen LogP contribution in [0.15, 0.2) is 33.5 Å². The Morgan fingerprint density at radius 3 is 0.859 bits per heavy atom. The molecule has 0 unspecified atom stereocenters. The van der Waals surface area contributed by atoms with Gasteiger partial charge in [0.05, 0.1) is 6.54 Å². The molecule has 78 heavy (non-hydrogen) atoms. The second-order valence-corrected chi connectivity index (χ2v) is 21.2. The highest BCUT2D eigenvalue weighted by Crippen LogP contribution is 2.28. The number of hydrogen-bond donors (Lipinski definition) is 2. The molecule has 56 radical (unpaired) electrons. The zero-order chi connectivity index (χ0) is 59.2. The van der Waals surface area contributed by atoms with Gasteiger partial charge in [-0.15, -0.1) is 0 Å². The summed E-state index contributed by atoms with van der Waals surface area (Å²) >= 11 is 6.48. The normalized spacial score (nSPS) is 11.0. The van der Waals surface area contributed by atoms with Gasteiger partial charge in [-0.05, 0) is 56.1 Å². The van der Waals surface area contributed by atoms with Crippen LogP contribution in [0.1, 0.15) is 7.43 Å². The van der Waals surface area contributed by atoms with Crippen LogP contribution in [0.5, 0.6) is 11.5 Å². The molecule has 0 fully saturated rings. The lowest BCUT2D eigenvalue weighted by Gasteiger charge is -2.58.